The van der Waals surface area contributed by atoms with Crippen LogP contribution in [0.1, 0.15) is 30.9 Å². The molecule has 0 aliphatic carbocycles. The van der Waals surface area contributed by atoms with Gasteiger partial charge in [0.2, 0.25) is 5.91 Å². The average molecular weight is 333 g/mol. The molecule has 1 aromatic rings. The minimum absolute atomic E-state index is 0.0290. The van der Waals surface area contributed by atoms with E-state index in [1.54, 1.807) is 7.11 Å². The van der Waals surface area contributed by atoms with Gasteiger partial charge in [0.05, 0.1) is 25.3 Å². The predicted octanol–water partition coefficient (Wildman–Crippen LogP) is 0.671. The highest BCUT2D eigenvalue weighted by molar-refractivity contribution is 5.82. The number of hydrogen-bond acceptors (Lipinski definition) is 5. The Morgan fingerprint density at radius 2 is 2.25 bits per heavy atom. The zero-order chi connectivity index (χ0) is 16.9. The normalized spacial score (nSPS) is 25.6. The summed E-state index contributed by atoms with van der Waals surface area (Å²) < 4.78 is 5.34. The van der Waals surface area contributed by atoms with Crippen LogP contribution in [0.5, 0.6) is 5.75 Å². The molecular weight excluding hydrogens is 306 g/mol. The fraction of sp³-hybridized carbons (Fsp3) is 0.611. The minimum Gasteiger partial charge on any atom is -0.497 e. The van der Waals surface area contributed by atoms with Gasteiger partial charge in [-0.1, -0.05) is 12.1 Å². The molecule has 0 spiro atoms. The highest BCUT2D eigenvalue weighted by atomic mass is 16.5. The van der Waals surface area contributed by atoms with Gasteiger partial charge in [-0.05, 0) is 50.0 Å². The second-order valence-electron chi connectivity index (χ2n) is 6.63. The number of methoxy groups -OCH3 is 1. The van der Waals surface area contributed by atoms with E-state index in [1.807, 2.05) is 18.2 Å². The van der Waals surface area contributed by atoms with Gasteiger partial charge in [0, 0.05) is 13.1 Å². The molecule has 0 saturated carbocycles. The average Bonchev–Trinajstić information content (AvgIpc) is 3.27. The maximum atomic E-state index is 12.3. The summed E-state index contributed by atoms with van der Waals surface area (Å²) >= 11 is 0. The van der Waals surface area contributed by atoms with Crippen LogP contribution < -0.4 is 15.4 Å². The largest absolute Gasteiger partial charge is 0.497 e. The number of aliphatic hydroxyl groups excluding tert-OH is 1. The summed E-state index contributed by atoms with van der Waals surface area (Å²) in [6.07, 6.45) is 2.46. The molecule has 0 unspecified atom stereocenters. The number of β-amino-alcohol motifs (C(OH)–C–C–N with tert-alkyl or cyclic N) is 1. The van der Waals surface area contributed by atoms with E-state index in [-0.39, 0.29) is 18.0 Å². The van der Waals surface area contributed by atoms with Crippen molar-refractivity contribution in [1.82, 2.24) is 15.5 Å². The Labute approximate surface area is 143 Å². The molecule has 0 radical (unpaired) electrons. The molecule has 0 bridgehead atoms. The summed E-state index contributed by atoms with van der Waals surface area (Å²) in [6.45, 7) is 3.17. The Hall–Kier alpha value is -1.63. The van der Waals surface area contributed by atoms with Crippen molar-refractivity contribution < 1.29 is 14.6 Å². The Balaban J connectivity index is 1.67. The summed E-state index contributed by atoms with van der Waals surface area (Å²) in [7, 11) is 1.67. The van der Waals surface area contributed by atoms with Gasteiger partial charge in [-0.3, -0.25) is 9.69 Å². The van der Waals surface area contributed by atoms with E-state index in [1.165, 1.54) is 12.8 Å². The van der Waals surface area contributed by atoms with Crippen LogP contribution >= 0.6 is 0 Å². The smallest absolute Gasteiger partial charge is 0.237 e. The third-order valence-electron chi connectivity index (χ3n) is 4.95. The van der Waals surface area contributed by atoms with Crippen molar-refractivity contribution in [1.29, 1.82) is 0 Å². The minimum atomic E-state index is -0.423. The third-order valence-corrected chi connectivity index (χ3v) is 4.95. The first-order valence-electron chi connectivity index (χ1n) is 8.74. The Morgan fingerprint density at radius 1 is 1.46 bits per heavy atom. The van der Waals surface area contributed by atoms with E-state index in [0.29, 0.717) is 19.5 Å². The second kappa shape index (κ2) is 7.96. The molecule has 2 aliphatic rings. The molecule has 3 N–H and O–H groups in total. The van der Waals surface area contributed by atoms with Gasteiger partial charge in [0.1, 0.15) is 5.75 Å². The van der Waals surface area contributed by atoms with Crippen LogP contribution in [0.4, 0.5) is 0 Å². The number of hydrogen-bond donors (Lipinski definition) is 3. The second-order valence-corrected chi connectivity index (χ2v) is 6.63. The first-order chi connectivity index (χ1) is 11.7. The molecule has 2 aliphatic heterocycles. The van der Waals surface area contributed by atoms with Crippen LogP contribution in [0.25, 0.3) is 0 Å². The molecule has 6 heteroatoms. The third kappa shape index (κ3) is 4.06. The van der Waals surface area contributed by atoms with E-state index in [2.05, 4.69) is 21.6 Å². The highest BCUT2D eigenvalue weighted by Crippen LogP contribution is 2.27. The molecule has 1 amide bonds. The maximum Gasteiger partial charge on any atom is 0.237 e. The van der Waals surface area contributed by atoms with Crippen LogP contribution in [-0.4, -0.2) is 61.3 Å². The van der Waals surface area contributed by atoms with Crippen molar-refractivity contribution in [3.8, 4) is 5.75 Å². The van der Waals surface area contributed by atoms with Crippen molar-refractivity contribution in [2.24, 2.45) is 0 Å². The summed E-state index contributed by atoms with van der Waals surface area (Å²) in [4.78, 5) is 14.8. The molecule has 0 aromatic heterocycles. The molecule has 6 nitrogen and oxygen atoms in total. The van der Waals surface area contributed by atoms with Gasteiger partial charge in [-0.25, -0.2) is 0 Å². The number of nitrogens with zero attached hydrogens (tertiary/aromatic N) is 1. The van der Waals surface area contributed by atoms with Crippen LogP contribution in [0.15, 0.2) is 24.3 Å². The zero-order valence-corrected chi connectivity index (χ0v) is 14.2. The molecule has 2 fully saturated rings. The lowest BCUT2D eigenvalue weighted by molar-refractivity contribution is -0.123. The molecule has 3 rings (SSSR count). The summed E-state index contributed by atoms with van der Waals surface area (Å²) in [6, 6.07) is 7.94. The van der Waals surface area contributed by atoms with Crippen molar-refractivity contribution in [2.75, 3.05) is 33.3 Å². The van der Waals surface area contributed by atoms with E-state index >= 15 is 0 Å². The number of nitrogens with one attached hydrogen (secondary N) is 2. The fourth-order valence-electron chi connectivity index (χ4n) is 3.60. The molecule has 1 aromatic carbocycles. The number of amides is 1. The van der Waals surface area contributed by atoms with Gasteiger partial charge < -0.3 is 20.5 Å². The Kier molecular flexibility index (Phi) is 5.71. The van der Waals surface area contributed by atoms with E-state index < -0.39 is 6.10 Å². The van der Waals surface area contributed by atoms with E-state index in [4.69, 9.17) is 4.74 Å². The number of likely N-dealkylation sites (tertiary alicyclic amines) is 1. The van der Waals surface area contributed by atoms with Crippen molar-refractivity contribution >= 4 is 5.91 Å². The van der Waals surface area contributed by atoms with Crippen LogP contribution in [-0.2, 0) is 4.79 Å². The van der Waals surface area contributed by atoms with Crippen LogP contribution in [0, 0.1) is 0 Å². The van der Waals surface area contributed by atoms with E-state index in [9.17, 15) is 9.90 Å². The zero-order valence-electron chi connectivity index (χ0n) is 14.2. The number of benzene rings is 1. The maximum absolute atomic E-state index is 12.3. The topological polar surface area (TPSA) is 73.8 Å². The fourth-order valence-corrected chi connectivity index (χ4v) is 3.60. The SMILES string of the molecule is COc1cccc([C@H](CNC(=O)[C@@H]2C[C@@H](O)CN2)N2CCCC2)c1. The predicted molar refractivity (Wildman–Crippen MR) is 92.0 cm³/mol. The molecule has 2 saturated heterocycles. The first kappa shape index (κ1) is 17.2. The number of rotatable bonds is 6. The molecule has 3 atom stereocenters. The number of carbonyl (C=O) groups excluding carboxylic acids is 1. The van der Waals surface area contributed by atoms with E-state index in [0.717, 1.165) is 24.4 Å². The lowest BCUT2D eigenvalue weighted by atomic mass is 10.0. The van der Waals surface area contributed by atoms with Gasteiger partial charge in [-0.2, -0.15) is 0 Å². The quantitative estimate of drug-likeness (QED) is 0.714. The van der Waals surface area contributed by atoms with Crippen LogP contribution in [0.3, 0.4) is 0 Å². The number of aliphatic hydroxyl groups is 1. The van der Waals surface area contributed by atoms with Gasteiger partial charge >= 0.3 is 0 Å². The van der Waals surface area contributed by atoms with Gasteiger partial charge in [-0.15, -0.1) is 0 Å². The van der Waals surface area contributed by atoms with Crippen molar-refractivity contribution in [2.45, 2.75) is 37.5 Å². The molecule has 2 heterocycles. The number of carbonyl (C=O) groups is 1. The Morgan fingerprint density at radius 3 is 2.92 bits per heavy atom. The van der Waals surface area contributed by atoms with Gasteiger partial charge in [0.25, 0.3) is 0 Å². The van der Waals surface area contributed by atoms with Gasteiger partial charge in [0.15, 0.2) is 0 Å². The number of ether oxygens (including phenoxy) is 1. The lowest BCUT2D eigenvalue weighted by Gasteiger charge is -2.29. The first-order valence-corrected chi connectivity index (χ1v) is 8.74. The van der Waals surface area contributed by atoms with Crippen molar-refractivity contribution in [3.05, 3.63) is 29.8 Å². The van der Waals surface area contributed by atoms with Crippen molar-refractivity contribution in [3.63, 3.8) is 0 Å². The lowest BCUT2D eigenvalue weighted by Crippen LogP contribution is -2.44. The highest BCUT2D eigenvalue weighted by Gasteiger charge is 2.29. The molecule has 24 heavy (non-hydrogen) atoms. The summed E-state index contributed by atoms with van der Waals surface area (Å²) in [5.41, 5.74) is 1.16. The molecular formula is C18H27N3O3. The Bertz CT molecular complexity index is 560. The summed E-state index contributed by atoms with van der Waals surface area (Å²) in [5, 5.41) is 15.7. The molecule has 132 valence electrons. The monoisotopic (exact) mass is 333 g/mol. The standard InChI is InChI=1S/C18H27N3O3/c1-24-15-6-4-5-13(9-15)17(21-7-2-3-8-21)12-20-18(23)16-10-14(22)11-19-16/h4-6,9,14,16-17,19,22H,2-3,7-8,10-12H2,1H3,(H,20,23)/t14-,16+,17+/m1/s1. The summed E-state index contributed by atoms with van der Waals surface area (Å²) in [5.74, 6) is 0.808. The van der Waals surface area contributed by atoms with Crippen LogP contribution in [0.2, 0.25) is 0 Å².